The molecule has 0 atom stereocenters. The highest BCUT2D eigenvalue weighted by Gasteiger charge is 2.14. The Morgan fingerprint density at radius 2 is 1.84 bits per heavy atom. The van der Waals surface area contributed by atoms with E-state index in [9.17, 15) is 0 Å². The van der Waals surface area contributed by atoms with Crippen molar-refractivity contribution in [3.63, 3.8) is 0 Å². The van der Waals surface area contributed by atoms with Gasteiger partial charge in [-0.1, -0.05) is 29.8 Å². The molecule has 3 nitrogen and oxygen atoms in total. The van der Waals surface area contributed by atoms with E-state index in [0.717, 1.165) is 47.5 Å². The number of rotatable bonds is 2. The van der Waals surface area contributed by atoms with Gasteiger partial charge < -0.3 is 5.32 Å². The van der Waals surface area contributed by atoms with E-state index in [1.807, 2.05) is 6.92 Å². The van der Waals surface area contributed by atoms with Gasteiger partial charge in [0.15, 0.2) is 0 Å². The van der Waals surface area contributed by atoms with Crippen LogP contribution in [0.25, 0.3) is 27.7 Å². The van der Waals surface area contributed by atoms with Crippen LogP contribution >= 0.6 is 0 Å². The van der Waals surface area contributed by atoms with Crippen molar-refractivity contribution in [3.05, 3.63) is 65.0 Å². The first-order chi connectivity index (χ1) is 12.1. The van der Waals surface area contributed by atoms with Crippen LogP contribution in [-0.2, 0) is 0 Å². The molecule has 126 valence electrons. The van der Waals surface area contributed by atoms with Crippen LogP contribution in [0.5, 0.6) is 0 Å². The molecule has 4 rings (SSSR count). The summed E-state index contributed by atoms with van der Waals surface area (Å²) >= 11 is 0. The molecule has 0 unspecified atom stereocenters. The van der Waals surface area contributed by atoms with Gasteiger partial charge in [-0.15, -0.1) is 0 Å². The molecular formula is C22H23N3. The second-order valence-electron chi connectivity index (χ2n) is 6.86. The first kappa shape index (κ1) is 16.0. The third kappa shape index (κ3) is 3.08. The zero-order valence-electron chi connectivity index (χ0n) is 15.1. The van der Waals surface area contributed by atoms with Crippen molar-refractivity contribution in [2.24, 2.45) is 0 Å². The lowest BCUT2D eigenvalue weighted by Crippen LogP contribution is -2.20. The molecule has 1 N–H and O–H groups in total. The number of hydrogen-bond donors (Lipinski definition) is 1. The highest BCUT2D eigenvalue weighted by Crippen LogP contribution is 2.32. The van der Waals surface area contributed by atoms with Crippen LogP contribution in [0.1, 0.15) is 28.9 Å². The van der Waals surface area contributed by atoms with Crippen molar-refractivity contribution >= 4 is 16.5 Å². The molecule has 3 heteroatoms. The summed E-state index contributed by atoms with van der Waals surface area (Å²) in [5.41, 5.74) is 8.42. The molecule has 3 aromatic rings. The third-order valence-corrected chi connectivity index (χ3v) is 4.83. The van der Waals surface area contributed by atoms with Crippen molar-refractivity contribution in [2.45, 2.75) is 27.2 Å². The number of aromatic nitrogens is 2. The average Bonchev–Trinajstić information content (AvgIpc) is 2.62. The number of nitrogens with zero attached hydrogens (tertiary/aromatic N) is 2. The second kappa shape index (κ2) is 6.41. The van der Waals surface area contributed by atoms with Gasteiger partial charge in [-0.05, 0) is 68.6 Å². The highest BCUT2D eigenvalue weighted by molar-refractivity contribution is 5.96. The summed E-state index contributed by atoms with van der Waals surface area (Å²) in [5, 5.41) is 4.53. The van der Waals surface area contributed by atoms with E-state index < -0.39 is 0 Å². The van der Waals surface area contributed by atoms with Gasteiger partial charge in [0, 0.05) is 17.5 Å². The lowest BCUT2D eigenvalue weighted by Gasteiger charge is -2.17. The fourth-order valence-electron chi connectivity index (χ4n) is 3.60. The van der Waals surface area contributed by atoms with Crippen molar-refractivity contribution < 1.29 is 0 Å². The zero-order valence-corrected chi connectivity index (χ0v) is 15.1. The van der Waals surface area contributed by atoms with Crippen LogP contribution in [-0.4, -0.2) is 23.1 Å². The Labute approximate surface area is 148 Å². The SMILES string of the molecule is Cc1cccc(-c2nc(C)nc3c(C)cc(C4=CCNCC4)cc23)c1. The number of fused-ring (bicyclic) bond motifs is 1. The second-order valence-corrected chi connectivity index (χ2v) is 6.86. The summed E-state index contributed by atoms with van der Waals surface area (Å²) in [5.74, 6) is 0.820. The van der Waals surface area contributed by atoms with Gasteiger partial charge in [0.05, 0.1) is 11.2 Å². The van der Waals surface area contributed by atoms with Crippen LogP contribution in [0.2, 0.25) is 0 Å². The van der Waals surface area contributed by atoms with E-state index in [2.05, 4.69) is 61.6 Å². The Morgan fingerprint density at radius 3 is 2.60 bits per heavy atom. The normalized spacial score (nSPS) is 14.6. The quantitative estimate of drug-likeness (QED) is 0.747. The summed E-state index contributed by atoms with van der Waals surface area (Å²) in [6.45, 7) is 8.23. The van der Waals surface area contributed by atoms with Crippen molar-refractivity contribution in [1.82, 2.24) is 15.3 Å². The van der Waals surface area contributed by atoms with Gasteiger partial charge >= 0.3 is 0 Å². The van der Waals surface area contributed by atoms with E-state index in [1.165, 1.54) is 22.3 Å². The van der Waals surface area contributed by atoms with Crippen LogP contribution < -0.4 is 5.32 Å². The lowest BCUT2D eigenvalue weighted by molar-refractivity contribution is 0.738. The molecular weight excluding hydrogens is 306 g/mol. The van der Waals surface area contributed by atoms with Gasteiger partial charge in [0.25, 0.3) is 0 Å². The standard InChI is InChI=1S/C22H23N3/c1-14-5-4-6-18(11-14)22-20-13-19(17-7-9-23-10-8-17)12-15(2)21(20)24-16(3)25-22/h4-7,11-13,23H,8-10H2,1-3H3. The first-order valence-electron chi connectivity index (χ1n) is 8.88. The molecule has 0 fully saturated rings. The summed E-state index contributed by atoms with van der Waals surface area (Å²) in [7, 11) is 0. The highest BCUT2D eigenvalue weighted by atomic mass is 14.9. The summed E-state index contributed by atoms with van der Waals surface area (Å²) in [4.78, 5) is 9.52. The Balaban J connectivity index is 1.98. The topological polar surface area (TPSA) is 37.8 Å². The molecule has 0 saturated carbocycles. The Morgan fingerprint density at radius 1 is 0.960 bits per heavy atom. The largest absolute Gasteiger partial charge is 0.313 e. The van der Waals surface area contributed by atoms with Crippen molar-refractivity contribution in [3.8, 4) is 11.3 Å². The zero-order chi connectivity index (χ0) is 17.4. The molecule has 0 amide bonds. The maximum atomic E-state index is 4.80. The number of hydrogen-bond acceptors (Lipinski definition) is 3. The van der Waals surface area contributed by atoms with Gasteiger partial charge in [-0.25, -0.2) is 9.97 Å². The third-order valence-electron chi connectivity index (χ3n) is 4.83. The van der Waals surface area contributed by atoms with Crippen LogP contribution in [0.15, 0.2) is 42.5 Å². The molecule has 0 spiro atoms. The molecule has 1 aromatic heterocycles. The molecule has 25 heavy (non-hydrogen) atoms. The van der Waals surface area contributed by atoms with Crippen LogP contribution in [0.4, 0.5) is 0 Å². The molecule has 1 aliphatic heterocycles. The first-order valence-corrected chi connectivity index (χ1v) is 8.88. The molecule has 0 radical (unpaired) electrons. The van der Waals surface area contributed by atoms with E-state index in [4.69, 9.17) is 9.97 Å². The predicted octanol–water partition coefficient (Wildman–Crippen LogP) is 4.60. The van der Waals surface area contributed by atoms with Crippen LogP contribution in [0, 0.1) is 20.8 Å². The predicted molar refractivity (Wildman–Crippen MR) is 105 cm³/mol. The minimum Gasteiger partial charge on any atom is -0.313 e. The molecule has 1 aliphatic rings. The fourth-order valence-corrected chi connectivity index (χ4v) is 3.60. The van der Waals surface area contributed by atoms with Gasteiger partial charge in [0.1, 0.15) is 5.82 Å². The Kier molecular flexibility index (Phi) is 4.10. The average molecular weight is 329 g/mol. The molecule has 2 aromatic carbocycles. The minimum atomic E-state index is 0.820. The molecule has 0 aliphatic carbocycles. The number of nitrogens with one attached hydrogen (secondary N) is 1. The Bertz CT molecular complexity index is 986. The van der Waals surface area contributed by atoms with E-state index in [1.54, 1.807) is 0 Å². The molecule has 0 bridgehead atoms. The molecule has 0 saturated heterocycles. The van der Waals surface area contributed by atoms with E-state index in [0.29, 0.717) is 0 Å². The summed E-state index contributed by atoms with van der Waals surface area (Å²) < 4.78 is 0. The maximum Gasteiger partial charge on any atom is 0.126 e. The summed E-state index contributed by atoms with van der Waals surface area (Å²) in [6.07, 6.45) is 3.36. The minimum absolute atomic E-state index is 0.820. The maximum absolute atomic E-state index is 4.80. The van der Waals surface area contributed by atoms with Gasteiger partial charge in [-0.2, -0.15) is 0 Å². The Hall–Kier alpha value is -2.52. The van der Waals surface area contributed by atoms with Crippen molar-refractivity contribution in [1.29, 1.82) is 0 Å². The smallest absolute Gasteiger partial charge is 0.126 e. The number of aryl methyl sites for hydroxylation is 3. The van der Waals surface area contributed by atoms with Crippen molar-refractivity contribution in [2.75, 3.05) is 13.1 Å². The monoisotopic (exact) mass is 329 g/mol. The fraction of sp³-hybridized carbons (Fsp3) is 0.273. The van der Waals surface area contributed by atoms with Gasteiger partial charge in [-0.3, -0.25) is 0 Å². The molecule has 2 heterocycles. The lowest BCUT2D eigenvalue weighted by atomic mass is 9.94. The summed E-state index contributed by atoms with van der Waals surface area (Å²) in [6, 6.07) is 13.1. The van der Waals surface area contributed by atoms with E-state index >= 15 is 0 Å². The van der Waals surface area contributed by atoms with E-state index in [-0.39, 0.29) is 0 Å². The number of benzene rings is 2. The van der Waals surface area contributed by atoms with Crippen LogP contribution in [0.3, 0.4) is 0 Å². The van der Waals surface area contributed by atoms with Gasteiger partial charge in [0.2, 0.25) is 0 Å².